The van der Waals surface area contributed by atoms with Gasteiger partial charge in [-0.15, -0.1) is 11.3 Å². The predicted octanol–water partition coefficient (Wildman–Crippen LogP) is 1.98. The van der Waals surface area contributed by atoms with Crippen LogP contribution in [0.4, 0.5) is 0 Å². The van der Waals surface area contributed by atoms with Gasteiger partial charge < -0.3 is 10.4 Å². The summed E-state index contributed by atoms with van der Waals surface area (Å²) in [6.45, 7) is 3.71. The van der Waals surface area contributed by atoms with Gasteiger partial charge in [0.15, 0.2) is 0 Å². The Bertz CT molecular complexity index is 361. The number of carboxylic acid groups (broad SMARTS) is 1. The summed E-state index contributed by atoms with van der Waals surface area (Å²) >= 11 is 1.30. The second-order valence-corrected chi connectivity index (χ2v) is 4.60. The number of carbonyl (C=O) groups excluding carboxylic acids is 1. The van der Waals surface area contributed by atoms with Gasteiger partial charge in [-0.05, 0) is 17.4 Å². The summed E-state index contributed by atoms with van der Waals surface area (Å²) in [6, 6.07) is 2.62. The first-order chi connectivity index (χ1) is 7.56. The maximum atomic E-state index is 11.7. The molecule has 4 nitrogen and oxygen atoms in total. The molecule has 0 aliphatic heterocycles. The van der Waals surface area contributed by atoms with Crippen LogP contribution in [0.25, 0.3) is 0 Å². The Hall–Kier alpha value is -1.36. The molecule has 0 saturated carbocycles. The molecule has 1 rings (SSSR count). The quantitative estimate of drug-likeness (QED) is 0.828. The van der Waals surface area contributed by atoms with E-state index in [1.165, 1.54) is 11.3 Å². The van der Waals surface area contributed by atoms with E-state index in [4.69, 9.17) is 5.11 Å². The first kappa shape index (κ1) is 12.7. The second kappa shape index (κ2) is 5.65. The number of nitrogens with one attached hydrogen (secondary N) is 1. The van der Waals surface area contributed by atoms with E-state index in [1.54, 1.807) is 17.5 Å². The first-order valence-corrected chi connectivity index (χ1v) is 6.01. The molecule has 16 heavy (non-hydrogen) atoms. The highest BCUT2D eigenvalue weighted by Crippen LogP contribution is 2.12. The lowest BCUT2D eigenvalue weighted by atomic mass is 9.99. The molecule has 0 fully saturated rings. The van der Waals surface area contributed by atoms with Gasteiger partial charge in [0.2, 0.25) is 0 Å². The van der Waals surface area contributed by atoms with Crippen molar-refractivity contribution in [2.24, 2.45) is 5.92 Å². The number of hydrogen-bond donors (Lipinski definition) is 2. The van der Waals surface area contributed by atoms with Crippen LogP contribution < -0.4 is 5.32 Å². The average molecular weight is 241 g/mol. The summed E-state index contributed by atoms with van der Waals surface area (Å²) in [5.41, 5.74) is 0. The fraction of sp³-hybridized carbons (Fsp3) is 0.455. The van der Waals surface area contributed by atoms with Crippen molar-refractivity contribution in [3.8, 4) is 0 Å². The molecule has 1 heterocycles. The number of rotatable bonds is 5. The van der Waals surface area contributed by atoms with E-state index in [0.29, 0.717) is 11.3 Å². The zero-order valence-corrected chi connectivity index (χ0v) is 10.1. The molecule has 5 heteroatoms. The Morgan fingerprint density at radius 1 is 1.56 bits per heavy atom. The summed E-state index contributed by atoms with van der Waals surface area (Å²) in [5, 5.41) is 13.3. The van der Waals surface area contributed by atoms with Crippen LogP contribution >= 0.6 is 11.3 Å². The number of aliphatic carboxylic acids is 1. The van der Waals surface area contributed by atoms with Gasteiger partial charge in [0, 0.05) is 0 Å². The van der Waals surface area contributed by atoms with Crippen molar-refractivity contribution in [3.63, 3.8) is 0 Å². The molecule has 0 aliphatic carbocycles. The van der Waals surface area contributed by atoms with Crippen LogP contribution in [-0.2, 0) is 4.79 Å². The van der Waals surface area contributed by atoms with Crippen LogP contribution in [0.5, 0.6) is 0 Å². The number of thiophene rings is 1. The molecule has 0 radical (unpaired) electrons. The number of carbonyl (C=O) groups is 2. The molecular formula is C11H15NO3S. The van der Waals surface area contributed by atoms with E-state index in [-0.39, 0.29) is 11.8 Å². The first-order valence-electron chi connectivity index (χ1n) is 5.13. The molecule has 88 valence electrons. The Morgan fingerprint density at radius 2 is 2.25 bits per heavy atom. The fourth-order valence-corrected chi connectivity index (χ4v) is 1.93. The zero-order chi connectivity index (χ0) is 12.1. The molecule has 0 spiro atoms. The van der Waals surface area contributed by atoms with Crippen LogP contribution in [0.15, 0.2) is 17.5 Å². The largest absolute Gasteiger partial charge is 0.480 e. The monoisotopic (exact) mass is 241 g/mol. The van der Waals surface area contributed by atoms with Gasteiger partial charge in [-0.25, -0.2) is 4.79 Å². The topological polar surface area (TPSA) is 66.4 Å². The van der Waals surface area contributed by atoms with Crippen LogP contribution in [0.2, 0.25) is 0 Å². The molecular weight excluding hydrogens is 226 g/mol. The standard InChI is InChI=1S/C11H15NO3S/c1-3-7(2)9(11(14)15)12-10(13)8-5-4-6-16-8/h4-7,9H,3H2,1-2H3,(H,12,13)(H,14,15)/t7-,9-/m0/s1. The molecule has 1 aromatic rings. The highest BCUT2D eigenvalue weighted by Gasteiger charge is 2.25. The minimum absolute atomic E-state index is 0.0820. The minimum atomic E-state index is -0.987. The smallest absolute Gasteiger partial charge is 0.326 e. The van der Waals surface area contributed by atoms with Crippen LogP contribution in [0.1, 0.15) is 29.9 Å². The maximum absolute atomic E-state index is 11.7. The normalized spacial score (nSPS) is 14.1. The fourth-order valence-electron chi connectivity index (χ4n) is 1.30. The summed E-state index contributed by atoms with van der Waals surface area (Å²) < 4.78 is 0. The third-order valence-corrected chi connectivity index (χ3v) is 3.38. The van der Waals surface area contributed by atoms with Gasteiger partial charge in [-0.2, -0.15) is 0 Å². The molecule has 0 aliphatic rings. The lowest BCUT2D eigenvalue weighted by Crippen LogP contribution is -2.44. The van der Waals surface area contributed by atoms with Crippen molar-refractivity contribution in [1.29, 1.82) is 0 Å². The molecule has 2 atom stereocenters. The van der Waals surface area contributed by atoms with Gasteiger partial charge >= 0.3 is 5.97 Å². The Labute approximate surface area is 98.3 Å². The second-order valence-electron chi connectivity index (χ2n) is 3.65. The Morgan fingerprint density at radius 3 is 2.69 bits per heavy atom. The highest BCUT2D eigenvalue weighted by molar-refractivity contribution is 7.12. The molecule has 0 unspecified atom stereocenters. The summed E-state index contributed by atoms with van der Waals surface area (Å²) in [6.07, 6.45) is 0.710. The Kier molecular flexibility index (Phi) is 4.49. The predicted molar refractivity (Wildman–Crippen MR) is 62.7 cm³/mol. The van der Waals surface area contributed by atoms with Gasteiger partial charge in [0.1, 0.15) is 6.04 Å². The van der Waals surface area contributed by atoms with E-state index in [1.807, 2.05) is 13.8 Å². The van der Waals surface area contributed by atoms with Crippen molar-refractivity contribution in [2.75, 3.05) is 0 Å². The lowest BCUT2D eigenvalue weighted by Gasteiger charge is -2.19. The highest BCUT2D eigenvalue weighted by atomic mass is 32.1. The van der Waals surface area contributed by atoms with Crippen molar-refractivity contribution >= 4 is 23.2 Å². The molecule has 0 saturated heterocycles. The third-order valence-electron chi connectivity index (χ3n) is 2.51. The number of carboxylic acids is 1. The Balaban J connectivity index is 2.69. The minimum Gasteiger partial charge on any atom is -0.480 e. The molecule has 0 bridgehead atoms. The average Bonchev–Trinajstić information content (AvgIpc) is 2.77. The van der Waals surface area contributed by atoms with E-state index in [0.717, 1.165) is 0 Å². The van der Waals surface area contributed by atoms with Crippen LogP contribution in [0, 0.1) is 5.92 Å². The van der Waals surface area contributed by atoms with Crippen LogP contribution in [0.3, 0.4) is 0 Å². The molecule has 1 amide bonds. The van der Waals surface area contributed by atoms with E-state index < -0.39 is 12.0 Å². The molecule has 1 aromatic heterocycles. The third kappa shape index (κ3) is 3.06. The maximum Gasteiger partial charge on any atom is 0.326 e. The van der Waals surface area contributed by atoms with E-state index in [2.05, 4.69) is 5.32 Å². The van der Waals surface area contributed by atoms with E-state index in [9.17, 15) is 9.59 Å². The summed E-state index contributed by atoms with van der Waals surface area (Å²) in [4.78, 5) is 23.2. The summed E-state index contributed by atoms with van der Waals surface area (Å²) in [5.74, 6) is -1.39. The summed E-state index contributed by atoms with van der Waals surface area (Å²) in [7, 11) is 0. The van der Waals surface area contributed by atoms with Crippen molar-refractivity contribution in [1.82, 2.24) is 5.32 Å². The van der Waals surface area contributed by atoms with Crippen LogP contribution in [-0.4, -0.2) is 23.0 Å². The van der Waals surface area contributed by atoms with Gasteiger partial charge in [-0.3, -0.25) is 4.79 Å². The number of hydrogen-bond acceptors (Lipinski definition) is 3. The van der Waals surface area contributed by atoms with Crippen molar-refractivity contribution in [3.05, 3.63) is 22.4 Å². The van der Waals surface area contributed by atoms with Gasteiger partial charge in [-0.1, -0.05) is 26.3 Å². The van der Waals surface area contributed by atoms with E-state index >= 15 is 0 Å². The molecule has 2 N–H and O–H groups in total. The zero-order valence-electron chi connectivity index (χ0n) is 9.27. The van der Waals surface area contributed by atoms with Gasteiger partial charge in [0.05, 0.1) is 4.88 Å². The lowest BCUT2D eigenvalue weighted by molar-refractivity contribution is -0.140. The van der Waals surface area contributed by atoms with Gasteiger partial charge in [0.25, 0.3) is 5.91 Å². The SMILES string of the molecule is CC[C@H](C)[C@H](NC(=O)c1cccs1)C(=O)O. The molecule has 0 aromatic carbocycles. The van der Waals surface area contributed by atoms with Crippen molar-refractivity contribution < 1.29 is 14.7 Å². The number of amides is 1. The van der Waals surface area contributed by atoms with Crippen molar-refractivity contribution in [2.45, 2.75) is 26.3 Å².